The van der Waals surface area contributed by atoms with Crippen LogP contribution in [-0.2, 0) is 12.4 Å². The number of hydrogen-bond acceptors (Lipinski definition) is 20. The topological polar surface area (TPSA) is 318 Å². The van der Waals surface area contributed by atoms with Gasteiger partial charge in [0.1, 0.15) is 17.2 Å². The Kier molecular flexibility index (Phi) is 18.8. The van der Waals surface area contributed by atoms with E-state index in [9.17, 15) is 30.7 Å². The molecule has 0 spiro atoms. The number of alkyl halides is 6. The molecule has 8 N–H and O–H groups in total. The first-order valence-electron chi connectivity index (χ1n) is 32.3. The average Bonchev–Trinajstić information content (AvgIpc) is 1.76. The van der Waals surface area contributed by atoms with Crippen LogP contribution in [-0.4, -0.2) is 102 Å². The highest BCUT2D eigenvalue weighted by atomic mass is 35.5. The first-order valence-corrected chi connectivity index (χ1v) is 33.0. The Bertz CT molecular complexity index is 5630. The summed E-state index contributed by atoms with van der Waals surface area (Å²) in [6.45, 7) is 0. The molecule has 2 aliphatic carbocycles. The van der Waals surface area contributed by atoms with Crippen molar-refractivity contribution in [1.29, 1.82) is 0 Å². The lowest BCUT2D eigenvalue weighted by Gasteiger charge is -2.13. The first kappa shape index (κ1) is 67.8. The van der Waals surface area contributed by atoms with Crippen molar-refractivity contribution >= 4 is 114 Å². The summed E-state index contributed by atoms with van der Waals surface area (Å²) in [7, 11) is 0. The third-order valence-electron chi connectivity index (χ3n) is 16.6. The molecule has 16 aromatic rings. The molecule has 0 bridgehead atoms. The Morgan fingerprint density at radius 2 is 0.705 bits per heavy atom. The van der Waals surface area contributed by atoms with E-state index in [0.717, 1.165) is 81.7 Å². The number of aromatic nitrogens is 20. The molecule has 8 aromatic heterocycles. The molecule has 0 aliphatic heterocycles. The normalized spacial score (nSPS) is 12.8. The van der Waals surface area contributed by atoms with E-state index in [2.05, 4.69) is 123 Å². The zero-order chi connectivity index (χ0) is 72.2. The summed E-state index contributed by atoms with van der Waals surface area (Å²) in [5, 5.41) is 77.6. The van der Waals surface area contributed by atoms with Crippen LogP contribution in [0.2, 0.25) is 10.0 Å². The molecule has 0 saturated heterocycles. The van der Waals surface area contributed by atoms with Crippen molar-refractivity contribution < 1.29 is 30.7 Å². The highest BCUT2D eigenvalue weighted by molar-refractivity contribution is 6.33. The van der Waals surface area contributed by atoms with Crippen LogP contribution in [0, 0.1) is 5.82 Å². The Morgan fingerprint density at radius 1 is 0.352 bits per heavy atom. The van der Waals surface area contributed by atoms with Gasteiger partial charge in [0.2, 0.25) is 11.9 Å². The second-order valence-corrected chi connectivity index (χ2v) is 24.6. The molecule has 8 heterocycles. The molecule has 0 amide bonds. The molecule has 2 saturated carbocycles. The molecule has 24 nitrogen and oxygen atoms in total. The van der Waals surface area contributed by atoms with E-state index in [1.165, 1.54) is 54.7 Å². The number of H-pyrrole nitrogens is 4. The number of anilines is 8. The maximum Gasteiger partial charge on any atom is 0.417 e. The van der Waals surface area contributed by atoms with Crippen LogP contribution >= 0.6 is 23.2 Å². The number of nitrogens with one attached hydrogen (secondary N) is 8. The third kappa shape index (κ3) is 15.3. The smallest absolute Gasteiger partial charge is 0.321 e. The predicted octanol–water partition coefficient (Wildman–Crippen LogP) is 17.9. The molecule has 0 unspecified atom stereocenters. The van der Waals surface area contributed by atoms with Crippen LogP contribution in [0.25, 0.3) is 88.9 Å². The van der Waals surface area contributed by atoms with Gasteiger partial charge in [-0.25, -0.2) is 24.3 Å². The van der Waals surface area contributed by atoms with Crippen LogP contribution in [0.4, 0.5) is 77.5 Å². The number of hydrogen-bond donors (Lipinski definition) is 8. The fourth-order valence-electron chi connectivity index (χ4n) is 11.2. The zero-order valence-corrected chi connectivity index (χ0v) is 55.6. The van der Waals surface area contributed by atoms with E-state index in [1.807, 2.05) is 115 Å². The summed E-state index contributed by atoms with van der Waals surface area (Å²) in [6.07, 6.45) is -2.13. The van der Waals surface area contributed by atoms with Gasteiger partial charge in [-0.2, -0.15) is 56.9 Å². The van der Waals surface area contributed by atoms with E-state index >= 15 is 0 Å². The maximum absolute atomic E-state index is 13.4. The van der Waals surface area contributed by atoms with E-state index in [0.29, 0.717) is 84.6 Å². The molecule has 33 heteroatoms. The van der Waals surface area contributed by atoms with Gasteiger partial charge in [-0.1, -0.05) is 132 Å². The second-order valence-electron chi connectivity index (χ2n) is 23.8. The molecule has 0 atom stereocenters. The first-order chi connectivity index (χ1) is 51.0. The standard InChI is InChI=1S/2C20H15F3N6.C16H10ClFN6.C16H11ClN6/c2*21-20(22,23)14-7-3-1-5-12(14)17-24-19(16(27-29-17)11-9-10-11)25-18-13-6-2-4-8-15(13)26-28-18;17-12-4-2-1-3-10(12)14-8-19-24-16(20-14)21-15-11-7-9(18)5-6-13(11)22-23-15;17-12-7-3-1-5-10(12)14-9-18-23-16(19-14)20-15-11-6-2-4-8-13(11)21-22-15/h2*1-8,11H,9-10H2,(H2,24,25,26,28,29);1-8H,(H2,20,21,22,23,24);1-9H,(H2,19,20,21,22,23). The van der Waals surface area contributed by atoms with Crippen molar-refractivity contribution in [2.24, 2.45) is 0 Å². The van der Waals surface area contributed by atoms with Crippen LogP contribution in [0.15, 0.2) is 200 Å². The Balaban J connectivity index is 0.000000113. The molecule has 18 rings (SSSR count). The lowest BCUT2D eigenvalue weighted by molar-refractivity contribution is -0.137. The minimum atomic E-state index is -4.51. The fourth-order valence-corrected chi connectivity index (χ4v) is 11.7. The van der Waals surface area contributed by atoms with Gasteiger partial charge in [0.25, 0.3) is 0 Å². The maximum atomic E-state index is 13.4. The third-order valence-corrected chi connectivity index (χ3v) is 17.2. The van der Waals surface area contributed by atoms with Crippen molar-refractivity contribution in [3.63, 3.8) is 0 Å². The van der Waals surface area contributed by atoms with Gasteiger partial charge in [-0.15, -0.1) is 30.6 Å². The molecule has 0 radical (unpaired) electrons. The van der Waals surface area contributed by atoms with Gasteiger partial charge in [-0.05, 0) is 105 Å². The highest BCUT2D eigenvalue weighted by Crippen LogP contribution is 2.46. The van der Waals surface area contributed by atoms with Crippen molar-refractivity contribution in [2.45, 2.75) is 49.9 Å². The average molecular weight is 1460 g/mol. The minimum Gasteiger partial charge on any atom is -0.321 e. The number of aromatic amines is 4. The van der Waals surface area contributed by atoms with E-state index in [-0.39, 0.29) is 46.4 Å². The van der Waals surface area contributed by atoms with Crippen LogP contribution in [0.3, 0.4) is 0 Å². The molecular weight excluding hydrogens is 1400 g/mol. The minimum absolute atomic E-state index is 0.0790. The monoisotopic (exact) mass is 1450 g/mol. The van der Waals surface area contributed by atoms with Crippen molar-refractivity contribution in [2.75, 3.05) is 21.3 Å². The molecule has 522 valence electrons. The van der Waals surface area contributed by atoms with Gasteiger partial charge >= 0.3 is 12.4 Å². The molecule has 8 aromatic carbocycles. The van der Waals surface area contributed by atoms with E-state index in [1.54, 1.807) is 18.3 Å². The quantitative estimate of drug-likeness (QED) is 0.0469. The summed E-state index contributed by atoms with van der Waals surface area (Å²) in [5.74, 6) is 3.41. The number of para-hydroxylation sites is 3. The van der Waals surface area contributed by atoms with Crippen molar-refractivity contribution in [3.8, 4) is 45.3 Å². The lowest BCUT2D eigenvalue weighted by atomic mass is 10.1. The van der Waals surface area contributed by atoms with E-state index < -0.39 is 23.5 Å². The van der Waals surface area contributed by atoms with E-state index in [4.69, 9.17) is 23.2 Å². The Labute approximate surface area is 598 Å². The molecular formula is C72H51Cl2F7N24. The Hall–Kier alpha value is -13.0. The van der Waals surface area contributed by atoms with Crippen LogP contribution in [0.1, 0.15) is 60.0 Å². The van der Waals surface area contributed by atoms with Gasteiger partial charge in [0.05, 0.1) is 67.0 Å². The molecule has 105 heavy (non-hydrogen) atoms. The van der Waals surface area contributed by atoms with Gasteiger partial charge < -0.3 is 21.3 Å². The molecule has 2 fully saturated rings. The number of benzene rings is 8. The lowest BCUT2D eigenvalue weighted by Crippen LogP contribution is -2.10. The predicted molar refractivity (Wildman–Crippen MR) is 382 cm³/mol. The summed E-state index contributed by atoms with van der Waals surface area (Å²) < 4.78 is 94.0. The number of fused-ring (bicyclic) bond motifs is 4. The highest BCUT2D eigenvalue weighted by Gasteiger charge is 2.37. The van der Waals surface area contributed by atoms with Crippen LogP contribution < -0.4 is 21.3 Å². The van der Waals surface area contributed by atoms with Crippen LogP contribution in [0.5, 0.6) is 0 Å². The van der Waals surface area contributed by atoms with Crippen molar-refractivity contribution in [1.82, 2.24) is 102 Å². The number of rotatable bonds is 14. The summed E-state index contributed by atoms with van der Waals surface area (Å²) in [5.41, 5.74) is 5.57. The van der Waals surface area contributed by atoms with Gasteiger partial charge in [0, 0.05) is 55.6 Å². The largest absolute Gasteiger partial charge is 0.417 e. The number of nitrogens with zero attached hydrogens (tertiary/aromatic N) is 16. The van der Waals surface area contributed by atoms with Gasteiger partial charge in [-0.3, -0.25) is 20.4 Å². The Morgan fingerprint density at radius 3 is 1.10 bits per heavy atom. The zero-order valence-electron chi connectivity index (χ0n) is 54.1. The second kappa shape index (κ2) is 29.1. The summed E-state index contributed by atoms with van der Waals surface area (Å²) in [6, 6.07) is 52.5. The number of halogens is 9. The summed E-state index contributed by atoms with van der Waals surface area (Å²) in [4.78, 5) is 17.7. The molecule has 2 aliphatic rings. The van der Waals surface area contributed by atoms with Gasteiger partial charge in [0.15, 0.2) is 46.6 Å². The SMILES string of the molecule is Clc1ccccc1-c1cnnc(Nc2n[nH]c3ccccc23)n1.FC(F)(F)c1ccccc1-c1nnc(C2CC2)c(Nc2n[nH]c3ccccc23)n1.FC(F)(F)c1ccccc1-c1nnc(C2CC2)c(Nc2n[nH]c3ccccc23)n1.Fc1ccc2[nH]nc(Nc3nncc(-c4ccccc4Cl)n3)c2c1. The van der Waals surface area contributed by atoms with Crippen molar-refractivity contribution in [3.05, 3.63) is 239 Å². The summed E-state index contributed by atoms with van der Waals surface area (Å²) >= 11 is 12.4. The fraction of sp³-hybridized carbons (Fsp3) is 0.111.